The number of aryl methyl sites for hydroxylation is 1. The Labute approximate surface area is 108 Å². The van der Waals surface area contributed by atoms with E-state index in [-0.39, 0.29) is 24.4 Å². The molecule has 0 aliphatic carbocycles. The average molecular weight is 267 g/mol. The maximum Gasteiger partial charge on any atom is 0.261 e. The van der Waals surface area contributed by atoms with E-state index in [1.54, 1.807) is 26.0 Å². The fourth-order valence-corrected chi connectivity index (χ4v) is 2.93. The van der Waals surface area contributed by atoms with Crippen LogP contribution >= 0.6 is 11.3 Å². The zero-order chi connectivity index (χ0) is 13.3. The highest BCUT2D eigenvalue weighted by atomic mass is 32.1. The largest absolute Gasteiger partial charge is 0.394 e. The molecule has 0 aliphatic heterocycles. The Morgan fingerprint density at radius 2 is 2.28 bits per heavy atom. The Kier molecular flexibility index (Phi) is 3.63. The SMILES string of the molecule is Cc1c(C(=O)N[C@H](C)CO)sc2cccc(F)c12. The van der Waals surface area contributed by atoms with E-state index in [0.29, 0.717) is 15.8 Å². The molecular weight excluding hydrogens is 253 g/mol. The van der Waals surface area contributed by atoms with Crippen molar-refractivity contribution in [3.63, 3.8) is 0 Å². The summed E-state index contributed by atoms with van der Waals surface area (Å²) in [6.45, 7) is 3.33. The lowest BCUT2D eigenvalue weighted by Gasteiger charge is -2.09. The highest BCUT2D eigenvalue weighted by molar-refractivity contribution is 7.21. The fraction of sp³-hybridized carbons (Fsp3) is 0.308. The van der Waals surface area contributed by atoms with Crippen molar-refractivity contribution in [1.82, 2.24) is 5.32 Å². The van der Waals surface area contributed by atoms with E-state index in [1.165, 1.54) is 17.4 Å². The van der Waals surface area contributed by atoms with Crippen LogP contribution in [0.5, 0.6) is 0 Å². The summed E-state index contributed by atoms with van der Waals surface area (Å²) in [5.41, 5.74) is 0.649. The second-order valence-electron chi connectivity index (χ2n) is 4.23. The summed E-state index contributed by atoms with van der Waals surface area (Å²) < 4.78 is 14.4. The van der Waals surface area contributed by atoms with E-state index < -0.39 is 0 Å². The number of carbonyl (C=O) groups is 1. The van der Waals surface area contributed by atoms with Crippen LogP contribution in [0, 0.1) is 12.7 Å². The Hall–Kier alpha value is -1.46. The van der Waals surface area contributed by atoms with Gasteiger partial charge in [-0.05, 0) is 31.5 Å². The third-order valence-corrected chi connectivity index (χ3v) is 4.02. The molecule has 5 heteroatoms. The van der Waals surface area contributed by atoms with Gasteiger partial charge in [0.25, 0.3) is 5.91 Å². The van der Waals surface area contributed by atoms with Gasteiger partial charge >= 0.3 is 0 Å². The Balaban J connectivity index is 2.43. The second-order valence-corrected chi connectivity index (χ2v) is 5.28. The Morgan fingerprint density at radius 3 is 2.89 bits per heavy atom. The fourth-order valence-electron chi connectivity index (χ4n) is 1.80. The minimum atomic E-state index is -0.313. The molecule has 0 spiro atoms. The first-order chi connectivity index (χ1) is 8.54. The third kappa shape index (κ3) is 2.23. The number of hydrogen-bond donors (Lipinski definition) is 2. The molecule has 18 heavy (non-hydrogen) atoms. The Bertz CT molecular complexity index is 594. The van der Waals surface area contributed by atoms with Gasteiger partial charge in [-0.3, -0.25) is 4.79 Å². The summed E-state index contributed by atoms with van der Waals surface area (Å²) in [7, 11) is 0. The van der Waals surface area contributed by atoms with E-state index in [9.17, 15) is 9.18 Å². The van der Waals surface area contributed by atoms with Crippen LogP contribution in [-0.2, 0) is 0 Å². The van der Waals surface area contributed by atoms with Crippen molar-refractivity contribution in [2.24, 2.45) is 0 Å². The predicted octanol–water partition coefficient (Wildman–Crippen LogP) is 2.46. The van der Waals surface area contributed by atoms with Crippen molar-refractivity contribution in [3.05, 3.63) is 34.5 Å². The lowest BCUT2D eigenvalue weighted by atomic mass is 10.1. The number of fused-ring (bicyclic) bond motifs is 1. The summed E-state index contributed by atoms with van der Waals surface area (Å²) in [6, 6.07) is 4.50. The van der Waals surface area contributed by atoms with Crippen molar-refractivity contribution in [3.8, 4) is 0 Å². The van der Waals surface area contributed by atoms with Crippen molar-refractivity contribution in [2.75, 3.05) is 6.61 Å². The van der Waals surface area contributed by atoms with Gasteiger partial charge in [0.1, 0.15) is 5.82 Å². The quantitative estimate of drug-likeness (QED) is 0.897. The average Bonchev–Trinajstić information content (AvgIpc) is 2.68. The van der Waals surface area contributed by atoms with Gasteiger partial charge in [0, 0.05) is 16.1 Å². The predicted molar refractivity (Wildman–Crippen MR) is 70.5 cm³/mol. The first kappa shape index (κ1) is 13.0. The standard InChI is InChI=1S/C13H14FNO2S/c1-7(6-16)15-13(17)12-8(2)11-9(14)4-3-5-10(11)18-12/h3-5,7,16H,6H2,1-2H3,(H,15,17)/t7-/m1/s1. The number of aliphatic hydroxyl groups excluding tert-OH is 1. The molecule has 0 fully saturated rings. The molecule has 2 aromatic rings. The monoisotopic (exact) mass is 267 g/mol. The highest BCUT2D eigenvalue weighted by Gasteiger charge is 2.18. The molecule has 1 atom stereocenters. The lowest BCUT2D eigenvalue weighted by molar-refractivity contribution is 0.0926. The summed E-state index contributed by atoms with van der Waals surface area (Å²) in [6.07, 6.45) is 0. The van der Waals surface area contributed by atoms with Crippen LogP contribution in [0.2, 0.25) is 0 Å². The minimum absolute atomic E-state index is 0.121. The van der Waals surface area contributed by atoms with E-state index in [0.717, 1.165) is 4.70 Å². The highest BCUT2D eigenvalue weighted by Crippen LogP contribution is 2.32. The smallest absolute Gasteiger partial charge is 0.261 e. The number of hydrogen-bond acceptors (Lipinski definition) is 3. The molecule has 1 amide bonds. The number of carbonyl (C=O) groups excluding carboxylic acids is 1. The van der Waals surface area contributed by atoms with Gasteiger partial charge < -0.3 is 10.4 Å². The maximum atomic E-state index is 13.7. The van der Waals surface area contributed by atoms with Gasteiger partial charge in [0.05, 0.1) is 11.5 Å². The molecule has 0 saturated carbocycles. The molecule has 1 heterocycles. The molecule has 0 radical (unpaired) electrons. The van der Waals surface area contributed by atoms with Crippen molar-refractivity contribution in [2.45, 2.75) is 19.9 Å². The topological polar surface area (TPSA) is 49.3 Å². The van der Waals surface area contributed by atoms with E-state index >= 15 is 0 Å². The van der Waals surface area contributed by atoms with Gasteiger partial charge in [-0.25, -0.2) is 4.39 Å². The number of halogens is 1. The van der Waals surface area contributed by atoms with Crippen LogP contribution in [-0.4, -0.2) is 23.7 Å². The molecule has 1 aromatic carbocycles. The number of rotatable bonds is 3. The Morgan fingerprint density at radius 1 is 1.56 bits per heavy atom. The molecule has 0 aliphatic rings. The van der Waals surface area contributed by atoms with Gasteiger partial charge in [-0.2, -0.15) is 0 Å². The van der Waals surface area contributed by atoms with E-state index in [4.69, 9.17) is 5.11 Å². The minimum Gasteiger partial charge on any atom is -0.394 e. The molecular formula is C13H14FNO2S. The van der Waals surface area contributed by atoms with Gasteiger partial charge in [-0.1, -0.05) is 6.07 Å². The zero-order valence-corrected chi connectivity index (χ0v) is 11.0. The normalized spacial score (nSPS) is 12.7. The third-order valence-electron chi connectivity index (χ3n) is 2.76. The van der Waals surface area contributed by atoms with Crippen molar-refractivity contribution < 1.29 is 14.3 Å². The number of benzene rings is 1. The van der Waals surface area contributed by atoms with Crippen LogP contribution < -0.4 is 5.32 Å². The van der Waals surface area contributed by atoms with Gasteiger partial charge in [0.2, 0.25) is 0 Å². The van der Waals surface area contributed by atoms with Gasteiger partial charge in [0.15, 0.2) is 0 Å². The lowest BCUT2D eigenvalue weighted by Crippen LogP contribution is -2.34. The summed E-state index contributed by atoms with van der Waals surface area (Å²) in [4.78, 5) is 12.5. The molecule has 0 bridgehead atoms. The molecule has 0 unspecified atom stereocenters. The zero-order valence-electron chi connectivity index (χ0n) is 10.2. The first-order valence-corrected chi connectivity index (χ1v) is 6.45. The molecule has 96 valence electrons. The molecule has 2 rings (SSSR count). The molecule has 3 nitrogen and oxygen atoms in total. The number of aliphatic hydroxyl groups is 1. The van der Waals surface area contributed by atoms with Crippen LogP contribution in [0.25, 0.3) is 10.1 Å². The molecule has 0 saturated heterocycles. The first-order valence-electron chi connectivity index (χ1n) is 5.64. The van der Waals surface area contributed by atoms with Crippen LogP contribution in [0.3, 0.4) is 0 Å². The van der Waals surface area contributed by atoms with Crippen molar-refractivity contribution >= 4 is 27.3 Å². The van der Waals surface area contributed by atoms with E-state index in [2.05, 4.69) is 5.32 Å². The number of nitrogens with one attached hydrogen (secondary N) is 1. The van der Waals surface area contributed by atoms with Crippen molar-refractivity contribution in [1.29, 1.82) is 0 Å². The van der Waals surface area contributed by atoms with Crippen LogP contribution in [0.15, 0.2) is 18.2 Å². The summed E-state index contributed by atoms with van der Waals surface area (Å²) in [5, 5.41) is 12.1. The maximum absolute atomic E-state index is 13.7. The number of thiophene rings is 1. The number of amides is 1. The second kappa shape index (κ2) is 5.04. The summed E-state index contributed by atoms with van der Waals surface area (Å²) >= 11 is 1.26. The molecule has 1 aromatic heterocycles. The summed E-state index contributed by atoms with van der Waals surface area (Å²) in [5.74, 6) is -0.579. The van der Waals surface area contributed by atoms with Gasteiger partial charge in [-0.15, -0.1) is 11.3 Å². The molecule has 2 N–H and O–H groups in total. The van der Waals surface area contributed by atoms with E-state index in [1.807, 2.05) is 0 Å². The van der Waals surface area contributed by atoms with Crippen LogP contribution in [0.1, 0.15) is 22.2 Å². The van der Waals surface area contributed by atoms with Crippen LogP contribution in [0.4, 0.5) is 4.39 Å².